The largest absolute Gasteiger partial charge is 0.494 e. The number of carbonyl (C=O) groups excluding carboxylic acids is 1. The lowest BCUT2D eigenvalue weighted by atomic mass is 9.87. The Morgan fingerprint density at radius 2 is 1.73 bits per heavy atom. The van der Waals surface area contributed by atoms with E-state index >= 15 is 0 Å². The van der Waals surface area contributed by atoms with Crippen LogP contribution in [0.4, 0.5) is 0 Å². The maximum absolute atomic E-state index is 12.2. The van der Waals surface area contributed by atoms with Crippen LogP contribution >= 0.6 is 0 Å². The molecule has 2 aromatic carbocycles. The van der Waals surface area contributed by atoms with E-state index in [1.54, 1.807) is 6.21 Å². The van der Waals surface area contributed by atoms with Crippen molar-refractivity contribution in [2.75, 3.05) is 6.61 Å². The maximum atomic E-state index is 12.2. The van der Waals surface area contributed by atoms with Gasteiger partial charge in [-0.05, 0) is 59.4 Å². The molecule has 0 aromatic heterocycles. The van der Waals surface area contributed by atoms with Gasteiger partial charge in [0.1, 0.15) is 5.75 Å². The van der Waals surface area contributed by atoms with Crippen LogP contribution in [-0.2, 0) is 5.41 Å². The molecule has 0 heterocycles. The summed E-state index contributed by atoms with van der Waals surface area (Å²) in [6.07, 6.45) is 3.78. The smallest absolute Gasteiger partial charge is 0.271 e. The Hall–Kier alpha value is -2.62. The van der Waals surface area contributed by atoms with Gasteiger partial charge in [-0.2, -0.15) is 5.10 Å². The van der Waals surface area contributed by atoms with E-state index in [4.69, 9.17) is 4.74 Å². The Bertz CT molecular complexity index is 726. The van der Waals surface area contributed by atoms with Gasteiger partial charge >= 0.3 is 0 Å². The van der Waals surface area contributed by atoms with E-state index in [0.717, 1.165) is 30.8 Å². The molecule has 26 heavy (non-hydrogen) atoms. The minimum atomic E-state index is -0.221. The van der Waals surface area contributed by atoms with Crippen LogP contribution in [0.25, 0.3) is 0 Å². The molecule has 0 aliphatic rings. The highest BCUT2D eigenvalue weighted by Crippen LogP contribution is 2.22. The number of hydrazone groups is 1. The van der Waals surface area contributed by atoms with Gasteiger partial charge in [0.25, 0.3) is 5.91 Å². The second-order valence-electron chi connectivity index (χ2n) is 7.30. The minimum Gasteiger partial charge on any atom is -0.494 e. The van der Waals surface area contributed by atoms with Crippen LogP contribution in [0.1, 0.15) is 62.0 Å². The number of rotatable bonds is 7. The van der Waals surface area contributed by atoms with Crippen molar-refractivity contribution in [1.29, 1.82) is 0 Å². The third-order valence-electron chi connectivity index (χ3n) is 4.04. The summed E-state index contributed by atoms with van der Waals surface area (Å²) in [5.41, 5.74) is 5.32. The molecule has 0 unspecified atom stereocenters. The number of amides is 1. The first-order valence-electron chi connectivity index (χ1n) is 9.07. The number of nitrogens with one attached hydrogen (secondary N) is 1. The second kappa shape index (κ2) is 9.18. The predicted molar refractivity (Wildman–Crippen MR) is 107 cm³/mol. The van der Waals surface area contributed by atoms with Gasteiger partial charge in [0.2, 0.25) is 0 Å². The summed E-state index contributed by atoms with van der Waals surface area (Å²) in [7, 11) is 0. The fraction of sp³-hybridized carbons (Fsp3) is 0.364. The summed E-state index contributed by atoms with van der Waals surface area (Å²) in [5.74, 6) is 0.625. The lowest BCUT2D eigenvalue weighted by Crippen LogP contribution is -2.18. The summed E-state index contributed by atoms with van der Waals surface area (Å²) in [4.78, 5) is 12.2. The Balaban J connectivity index is 1.88. The summed E-state index contributed by atoms with van der Waals surface area (Å²) in [5, 5.41) is 4.03. The number of hydrogen-bond acceptors (Lipinski definition) is 3. The van der Waals surface area contributed by atoms with E-state index in [0.29, 0.717) is 5.56 Å². The van der Waals surface area contributed by atoms with Gasteiger partial charge in [0.15, 0.2) is 0 Å². The quantitative estimate of drug-likeness (QED) is 0.436. The van der Waals surface area contributed by atoms with Gasteiger partial charge in [-0.25, -0.2) is 5.43 Å². The number of benzene rings is 2. The zero-order valence-electron chi connectivity index (χ0n) is 16.1. The minimum absolute atomic E-state index is 0.0690. The highest BCUT2D eigenvalue weighted by Gasteiger charge is 2.14. The Morgan fingerprint density at radius 1 is 1.08 bits per heavy atom. The van der Waals surface area contributed by atoms with Crippen molar-refractivity contribution in [2.24, 2.45) is 5.10 Å². The van der Waals surface area contributed by atoms with Crippen LogP contribution in [0.15, 0.2) is 53.6 Å². The number of carbonyl (C=O) groups is 1. The molecule has 0 spiro atoms. The van der Waals surface area contributed by atoms with Crippen LogP contribution < -0.4 is 10.2 Å². The highest BCUT2D eigenvalue weighted by atomic mass is 16.5. The number of hydrogen-bond donors (Lipinski definition) is 1. The zero-order valence-corrected chi connectivity index (χ0v) is 16.1. The van der Waals surface area contributed by atoms with Gasteiger partial charge in [-0.15, -0.1) is 0 Å². The standard InChI is InChI=1S/C22H28N2O2/c1-5-6-15-26-20-13-7-17(8-14-20)16-23-24-21(25)18-9-11-19(12-10-18)22(2,3)4/h7-14,16H,5-6,15H2,1-4H3,(H,24,25)/b23-16-. The molecule has 0 saturated heterocycles. The second-order valence-corrected chi connectivity index (χ2v) is 7.30. The van der Waals surface area contributed by atoms with Crippen molar-refractivity contribution in [2.45, 2.75) is 46.0 Å². The first kappa shape index (κ1) is 19.7. The molecule has 0 radical (unpaired) electrons. The number of unbranched alkanes of at least 4 members (excludes halogenated alkanes) is 1. The zero-order chi connectivity index (χ0) is 19.0. The summed E-state index contributed by atoms with van der Waals surface area (Å²) >= 11 is 0. The molecule has 4 nitrogen and oxygen atoms in total. The first-order chi connectivity index (χ1) is 12.4. The fourth-order valence-corrected chi connectivity index (χ4v) is 2.34. The van der Waals surface area contributed by atoms with Gasteiger partial charge < -0.3 is 4.74 Å². The van der Waals surface area contributed by atoms with Crippen LogP contribution in [-0.4, -0.2) is 18.7 Å². The van der Waals surface area contributed by atoms with Crippen molar-refractivity contribution < 1.29 is 9.53 Å². The fourth-order valence-electron chi connectivity index (χ4n) is 2.34. The van der Waals surface area contributed by atoms with Crippen LogP contribution in [0, 0.1) is 0 Å². The number of ether oxygens (including phenoxy) is 1. The molecule has 0 atom stereocenters. The Kier molecular flexibility index (Phi) is 6.96. The van der Waals surface area contributed by atoms with Crippen molar-refractivity contribution >= 4 is 12.1 Å². The van der Waals surface area contributed by atoms with Crippen molar-refractivity contribution in [3.63, 3.8) is 0 Å². The van der Waals surface area contributed by atoms with Crippen LogP contribution in [0.2, 0.25) is 0 Å². The third kappa shape index (κ3) is 6.03. The molecule has 0 fully saturated rings. The van der Waals surface area contributed by atoms with Crippen LogP contribution in [0.3, 0.4) is 0 Å². The molecule has 0 aliphatic carbocycles. The third-order valence-corrected chi connectivity index (χ3v) is 4.04. The normalized spacial score (nSPS) is 11.5. The van der Waals surface area contributed by atoms with Gasteiger partial charge in [0, 0.05) is 5.56 Å². The average molecular weight is 352 g/mol. The molecule has 138 valence electrons. The van der Waals surface area contributed by atoms with E-state index in [1.165, 1.54) is 5.56 Å². The molecule has 1 N–H and O–H groups in total. The lowest BCUT2D eigenvalue weighted by molar-refractivity contribution is 0.0955. The highest BCUT2D eigenvalue weighted by molar-refractivity contribution is 5.94. The Labute approximate surface area is 156 Å². The molecule has 4 heteroatoms. The molecular weight excluding hydrogens is 324 g/mol. The molecule has 2 rings (SSSR count). The van der Waals surface area contributed by atoms with Gasteiger partial charge in [-0.3, -0.25) is 4.79 Å². The van der Waals surface area contributed by atoms with E-state index in [9.17, 15) is 4.79 Å². The van der Waals surface area contributed by atoms with E-state index in [2.05, 4.69) is 38.2 Å². The van der Waals surface area contributed by atoms with Gasteiger partial charge in [-0.1, -0.05) is 46.2 Å². The molecule has 1 amide bonds. The van der Waals surface area contributed by atoms with Crippen LogP contribution in [0.5, 0.6) is 5.75 Å². The summed E-state index contributed by atoms with van der Waals surface area (Å²) in [6, 6.07) is 15.3. The van der Waals surface area contributed by atoms with Crippen molar-refractivity contribution in [1.82, 2.24) is 5.43 Å². The van der Waals surface area contributed by atoms with Gasteiger partial charge in [0.05, 0.1) is 12.8 Å². The SMILES string of the molecule is CCCCOc1ccc(/C=N\NC(=O)c2ccc(C(C)(C)C)cc2)cc1. The summed E-state index contributed by atoms with van der Waals surface area (Å²) in [6.45, 7) is 9.30. The maximum Gasteiger partial charge on any atom is 0.271 e. The van der Waals surface area contributed by atoms with E-state index in [1.807, 2.05) is 48.5 Å². The molecule has 0 bridgehead atoms. The summed E-state index contributed by atoms with van der Waals surface area (Å²) < 4.78 is 5.62. The van der Waals surface area contributed by atoms with Crippen molar-refractivity contribution in [3.8, 4) is 5.75 Å². The van der Waals surface area contributed by atoms with Crippen molar-refractivity contribution in [3.05, 3.63) is 65.2 Å². The average Bonchev–Trinajstić information content (AvgIpc) is 2.62. The lowest BCUT2D eigenvalue weighted by Gasteiger charge is -2.18. The first-order valence-corrected chi connectivity index (χ1v) is 9.07. The molecule has 2 aromatic rings. The molecule has 0 saturated carbocycles. The molecule has 0 aliphatic heterocycles. The van der Waals surface area contributed by atoms with E-state index in [-0.39, 0.29) is 11.3 Å². The molecular formula is C22H28N2O2. The van der Waals surface area contributed by atoms with E-state index < -0.39 is 0 Å². The Morgan fingerprint density at radius 3 is 2.31 bits per heavy atom. The topological polar surface area (TPSA) is 50.7 Å². The number of nitrogens with zero attached hydrogens (tertiary/aromatic N) is 1. The predicted octanol–water partition coefficient (Wildman–Crippen LogP) is 4.93. The monoisotopic (exact) mass is 352 g/mol.